The van der Waals surface area contributed by atoms with Crippen LogP contribution in [0.1, 0.15) is 5.69 Å². The highest BCUT2D eigenvalue weighted by Crippen LogP contribution is 2.20. The minimum atomic E-state index is -0.272. The number of carbonyl (C=O) groups excluding carboxylic acids is 1. The first-order valence-electron chi connectivity index (χ1n) is 9.89. The second kappa shape index (κ2) is 7.98. The van der Waals surface area contributed by atoms with E-state index in [-0.39, 0.29) is 17.3 Å². The molecule has 2 N–H and O–H groups in total. The number of phenols is 1. The largest absolute Gasteiger partial charge is 0.508 e. The molecule has 30 heavy (non-hydrogen) atoms. The highest BCUT2D eigenvalue weighted by atomic mass is 16.3. The predicted octanol–water partition coefficient (Wildman–Crippen LogP) is 2.54. The monoisotopic (exact) mass is 407 g/mol. The van der Waals surface area contributed by atoms with Crippen molar-refractivity contribution in [3.63, 3.8) is 0 Å². The maximum atomic E-state index is 13.0. The Morgan fingerprint density at radius 3 is 2.20 bits per heavy atom. The molecular formula is C22H25N5O3. The van der Waals surface area contributed by atoms with E-state index in [9.17, 15) is 14.7 Å². The van der Waals surface area contributed by atoms with Crippen molar-refractivity contribution in [3.8, 4) is 11.4 Å². The van der Waals surface area contributed by atoms with Crippen molar-refractivity contribution in [2.24, 2.45) is 7.05 Å². The van der Waals surface area contributed by atoms with Crippen LogP contribution in [0.2, 0.25) is 0 Å². The molecule has 1 aliphatic rings. The summed E-state index contributed by atoms with van der Waals surface area (Å²) in [7, 11) is 1.80. The Morgan fingerprint density at radius 2 is 1.57 bits per heavy atom. The molecule has 4 rings (SSSR count). The molecule has 8 nitrogen and oxygen atoms in total. The molecule has 2 aromatic carbocycles. The number of aromatic nitrogens is 2. The van der Waals surface area contributed by atoms with Gasteiger partial charge in [0.25, 0.3) is 5.56 Å². The van der Waals surface area contributed by atoms with Crippen LogP contribution in [-0.2, 0) is 7.05 Å². The lowest BCUT2D eigenvalue weighted by molar-refractivity contribution is 0.208. The number of phenolic OH excluding ortho intramolecular Hbond substituents is 1. The fraction of sp³-hybridized carbons (Fsp3) is 0.273. The van der Waals surface area contributed by atoms with Crippen LogP contribution in [0.4, 0.5) is 16.2 Å². The number of anilines is 2. The van der Waals surface area contributed by atoms with Gasteiger partial charge in [-0.05, 0) is 43.3 Å². The zero-order valence-electron chi connectivity index (χ0n) is 17.1. The number of nitrogens with zero attached hydrogens (tertiary/aromatic N) is 4. The van der Waals surface area contributed by atoms with Gasteiger partial charge in [0.2, 0.25) is 0 Å². The van der Waals surface area contributed by atoms with Crippen LogP contribution < -0.4 is 15.8 Å². The molecule has 0 saturated carbocycles. The maximum Gasteiger partial charge on any atom is 0.322 e. The zero-order valence-corrected chi connectivity index (χ0v) is 17.1. The van der Waals surface area contributed by atoms with E-state index in [1.807, 2.05) is 49.4 Å². The van der Waals surface area contributed by atoms with Crippen molar-refractivity contribution in [2.75, 3.05) is 36.4 Å². The minimum absolute atomic E-state index is 0.233. The number of benzene rings is 2. The quantitative estimate of drug-likeness (QED) is 0.699. The van der Waals surface area contributed by atoms with E-state index in [0.29, 0.717) is 37.6 Å². The third-order valence-corrected chi connectivity index (χ3v) is 5.57. The number of carbonyl (C=O) groups is 1. The SMILES string of the molecule is Cc1c(NC(=O)N2CCN(c3ccc(O)cc3)CC2)c(=O)n(-c2ccccc2)n1C. The van der Waals surface area contributed by atoms with E-state index in [4.69, 9.17) is 0 Å². The molecule has 1 aromatic heterocycles. The molecule has 0 bridgehead atoms. The van der Waals surface area contributed by atoms with Gasteiger partial charge in [0.1, 0.15) is 11.4 Å². The van der Waals surface area contributed by atoms with E-state index in [1.165, 1.54) is 0 Å². The average molecular weight is 407 g/mol. The van der Waals surface area contributed by atoms with Gasteiger partial charge in [-0.25, -0.2) is 9.48 Å². The molecule has 0 spiro atoms. The van der Waals surface area contributed by atoms with Crippen molar-refractivity contribution in [1.29, 1.82) is 0 Å². The molecule has 1 saturated heterocycles. The maximum absolute atomic E-state index is 13.0. The normalized spacial score (nSPS) is 14.1. The van der Waals surface area contributed by atoms with Crippen LogP contribution in [0, 0.1) is 6.92 Å². The third kappa shape index (κ3) is 3.63. The highest BCUT2D eigenvalue weighted by molar-refractivity contribution is 5.90. The van der Waals surface area contributed by atoms with E-state index in [1.54, 1.807) is 33.4 Å². The first-order valence-corrected chi connectivity index (χ1v) is 9.89. The van der Waals surface area contributed by atoms with Crippen molar-refractivity contribution in [3.05, 3.63) is 70.6 Å². The van der Waals surface area contributed by atoms with Gasteiger partial charge in [-0.15, -0.1) is 0 Å². The Kier molecular flexibility index (Phi) is 5.22. The van der Waals surface area contributed by atoms with Gasteiger partial charge in [0, 0.05) is 38.9 Å². The number of hydrogen-bond donors (Lipinski definition) is 2. The molecular weight excluding hydrogens is 382 g/mol. The van der Waals surface area contributed by atoms with Crippen LogP contribution in [0.3, 0.4) is 0 Å². The van der Waals surface area contributed by atoms with Crippen molar-refractivity contribution < 1.29 is 9.90 Å². The van der Waals surface area contributed by atoms with Crippen LogP contribution >= 0.6 is 0 Å². The van der Waals surface area contributed by atoms with Gasteiger partial charge in [-0.3, -0.25) is 9.48 Å². The number of amides is 2. The Morgan fingerprint density at radius 1 is 0.933 bits per heavy atom. The second-order valence-corrected chi connectivity index (χ2v) is 7.36. The van der Waals surface area contributed by atoms with Crippen molar-refractivity contribution in [1.82, 2.24) is 14.3 Å². The number of rotatable bonds is 3. The number of nitrogens with one attached hydrogen (secondary N) is 1. The number of para-hydroxylation sites is 1. The molecule has 2 amide bonds. The van der Waals surface area contributed by atoms with Gasteiger partial charge in [-0.2, -0.15) is 0 Å². The van der Waals surface area contributed by atoms with Gasteiger partial charge >= 0.3 is 6.03 Å². The zero-order chi connectivity index (χ0) is 21.3. The summed E-state index contributed by atoms with van der Waals surface area (Å²) in [4.78, 5) is 29.7. The van der Waals surface area contributed by atoms with Crippen molar-refractivity contribution in [2.45, 2.75) is 6.92 Å². The predicted molar refractivity (Wildman–Crippen MR) is 117 cm³/mol. The molecule has 1 fully saturated rings. The highest BCUT2D eigenvalue weighted by Gasteiger charge is 2.24. The van der Waals surface area contributed by atoms with Gasteiger partial charge in [-0.1, -0.05) is 18.2 Å². The number of hydrogen-bond acceptors (Lipinski definition) is 4. The molecule has 8 heteroatoms. The lowest BCUT2D eigenvalue weighted by Crippen LogP contribution is -2.50. The number of piperazine rings is 1. The standard InChI is InChI=1S/C22H25N5O3/c1-16-20(21(29)27(24(16)2)18-6-4-3-5-7-18)23-22(30)26-14-12-25(13-15-26)17-8-10-19(28)11-9-17/h3-11,28H,12-15H2,1-2H3,(H,23,30). The van der Waals surface area contributed by atoms with Crippen LogP contribution in [0.25, 0.3) is 5.69 Å². The van der Waals surface area contributed by atoms with E-state index < -0.39 is 0 Å². The summed E-state index contributed by atoms with van der Waals surface area (Å²) in [6.07, 6.45) is 0. The summed E-state index contributed by atoms with van der Waals surface area (Å²) in [5.74, 6) is 0.233. The van der Waals surface area contributed by atoms with E-state index in [2.05, 4.69) is 10.2 Å². The molecule has 1 aliphatic heterocycles. The third-order valence-electron chi connectivity index (χ3n) is 5.57. The summed E-state index contributed by atoms with van der Waals surface area (Å²) in [6, 6.07) is 16.1. The molecule has 3 aromatic rings. The topological polar surface area (TPSA) is 82.7 Å². The fourth-order valence-electron chi connectivity index (χ4n) is 3.73. The van der Waals surface area contributed by atoms with Crippen molar-refractivity contribution >= 4 is 17.4 Å². The summed E-state index contributed by atoms with van der Waals surface area (Å²) < 4.78 is 3.30. The lowest BCUT2D eigenvalue weighted by atomic mass is 10.2. The molecule has 0 radical (unpaired) electrons. The summed E-state index contributed by atoms with van der Waals surface area (Å²) in [6.45, 7) is 4.27. The molecule has 2 heterocycles. The van der Waals surface area contributed by atoms with Gasteiger partial charge in [0.05, 0.1) is 11.4 Å². The summed E-state index contributed by atoms with van der Waals surface area (Å²) in [5.41, 5.74) is 2.50. The van der Waals surface area contributed by atoms with E-state index in [0.717, 1.165) is 11.4 Å². The Hall–Kier alpha value is -3.68. The van der Waals surface area contributed by atoms with Crippen LogP contribution in [-0.4, -0.2) is 51.6 Å². The Balaban J connectivity index is 1.46. The number of aromatic hydroxyl groups is 1. The van der Waals surface area contributed by atoms with Gasteiger partial charge in [0.15, 0.2) is 0 Å². The second-order valence-electron chi connectivity index (χ2n) is 7.36. The lowest BCUT2D eigenvalue weighted by Gasteiger charge is -2.36. The first-order chi connectivity index (χ1) is 14.5. The van der Waals surface area contributed by atoms with Crippen LogP contribution in [0.15, 0.2) is 59.4 Å². The molecule has 0 aliphatic carbocycles. The van der Waals surface area contributed by atoms with E-state index >= 15 is 0 Å². The summed E-state index contributed by atoms with van der Waals surface area (Å²) in [5, 5.41) is 12.3. The smallest absolute Gasteiger partial charge is 0.322 e. The fourth-order valence-corrected chi connectivity index (χ4v) is 3.73. The number of urea groups is 1. The Bertz CT molecular complexity index is 1090. The van der Waals surface area contributed by atoms with Crippen LogP contribution in [0.5, 0.6) is 5.75 Å². The minimum Gasteiger partial charge on any atom is -0.508 e. The Labute approximate surface area is 174 Å². The van der Waals surface area contributed by atoms with Gasteiger partial charge < -0.3 is 20.2 Å². The first kappa shape index (κ1) is 19.6. The molecule has 0 atom stereocenters. The summed E-state index contributed by atoms with van der Waals surface area (Å²) >= 11 is 0. The molecule has 156 valence electrons. The average Bonchev–Trinajstić information content (AvgIpc) is 2.98. The molecule has 0 unspecified atom stereocenters.